The Morgan fingerprint density at radius 3 is 1.56 bits per heavy atom. The Morgan fingerprint density at radius 2 is 1.16 bits per heavy atom. The molecule has 0 radical (unpaired) electrons. The van der Waals surface area contributed by atoms with E-state index in [1.807, 2.05) is 36.4 Å². The van der Waals surface area contributed by atoms with Crippen molar-refractivity contribution in [1.29, 1.82) is 0 Å². The maximum absolute atomic E-state index is 12.7. The molecule has 4 aromatic carbocycles. The van der Waals surface area contributed by atoms with Gasteiger partial charge in [-0.1, -0.05) is 76.6 Å². The van der Waals surface area contributed by atoms with Crippen LogP contribution >= 0.6 is 23.2 Å². The van der Waals surface area contributed by atoms with E-state index < -0.39 is 7.26 Å². The fourth-order valence-corrected chi connectivity index (χ4v) is 9.05. The summed E-state index contributed by atoms with van der Waals surface area (Å²) in [6, 6.07) is 37.7. The SMILES string of the molecule is COC(=O)c1cccc(Br)c1C[P+](c1ccccc1)(c1ccccc1)c1ccccc1.[Br-]. The van der Waals surface area contributed by atoms with Gasteiger partial charge in [-0.25, -0.2) is 4.79 Å². The van der Waals surface area contributed by atoms with Crippen molar-refractivity contribution in [2.45, 2.75) is 6.16 Å². The third kappa shape index (κ3) is 4.73. The van der Waals surface area contributed by atoms with Crippen molar-refractivity contribution >= 4 is 45.1 Å². The normalized spacial score (nSPS) is 10.8. The van der Waals surface area contributed by atoms with Crippen molar-refractivity contribution in [3.63, 3.8) is 0 Å². The number of carbonyl (C=O) groups excluding carboxylic acids is 1. The van der Waals surface area contributed by atoms with Gasteiger partial charge in [-0.15, -0.1) is 0 Å². The van der Waals surface area contributed by atoms with Crippen LogP contribution < -0.4 is 32.9 Å². The minimum Gasteiger partial charge on any atom is -1.00 e. The van der Waals surface area contributed by atoms with Gasteiger partial charge in [0.2, 0.25) is 0 Å². The lowest BCUT2D eigenvalue weighted by Crippen LogP contribution is -3.00. The fourth-order valence-electron chi connectivity index (χ4n) is 4.03. The number of carbonyl (C=O) groups is 1. The molecule has 0 saturated carbocycles. The third-order valence-electron chi connectivity index (χ3n) is 5.51. The van der Waals surface area contributed by atoms with Crippen LogP contribution in [0.5, 0.6) is 0 Å². The maximum Gasteiger partial charge on any atom is 0.338 e. The van der Waals surface area contributed by atoms with Crippen molar-refractivity contribution in [3.8, 4) is 0 Å². The predicted octanol–water partition coefficient (Wildman–Crippen LogP) is 2.73. The van der Waals surface area contributed by atoms with Gasteiger partial charge in [0.15, 0.2) is 0 Å². The number of esters is 1. The van der Waals surface area contributed by atoms with Gasteiger partial charge >= 0.3 is 5.97 Å². The summed E-state index contributed by atoms with van der Waals surface area (Å²) in [5, 5.41) is 3.83. The second-order valence-corrected chi connectivity index (χ2v) is 11.6. The number of hydrogen-bond donors (Lipinski definition) is 0. The van der Waals surface area contributed by atoms with Gasteiger partial charge in [-0.2, -0.15) is 0 Å². The molecule has 4 rings (SSSR count). The van der Waals surface area contributed by atoms with E-state index in [9.17, 15) is 4.79 Å². The monoisotopic (exact) mass is 568 g/mol. The van der Waals surface area contributed by atoms with E-state index in [4.69, 9.17) is 4.74 Å². The highest BCUT2D eigenvalue weighted by Crippen LogP contribution is 2.59. The molecule has 0 atom stereocenters. The summed E-state index contributed by atoms with van der Waals surface area (Å²) in [7, 11) is -0.685. The van der Waals surface area contributed by atoms with Gasteiger partial charge in [0, 0.05) is 10.0 Å². The molecule has 5 heteroatoms. The lowest BCUT2D eigenvalue weighted by atomic mass is 10.1. The molecule has 0 amide bonds. The molecule has 0 aliphatic rings. The van der Waals surface area contributed by atoms with Crippen LogP contribution in [-0.2, 0) is 10.9 Å². The number of ether oxygens (including phenoxy) is 1. The second kappa shape index (κ2) is 11.0. The van der Waals surface area contributed by atoms with Crippen LogP contribution in [0.25, 0.3) is 0 Å². The summed E-state index contributed by atoms with van der Waals surface area (Å²) < 4.78 is 6.04. The first-order valence-corrected chi connectivity index (χ1v) is 12.8. The minimum atomic E-state index is -2.12. The van der Waals surface area contributed by atoms with Gasteiger partial charge in [-0.3, -0.25) is 0 Å². The highest BCUT2D eigenvalue weighted by atomic mass is 79.9. The molecule has 2 nitrogen and oxygen atoms in total. The van der Waals surface area contributed by atoms with E-state index >= 15 is 0 Å². The first-order chi connectivity index (χ1) is 15.2. The largest absolute Gasteiger partial charge is 1.00 e. The number of benzene rings is 4. The quantitative estimate of drug-likeness (QED) is 0.264. The van der Waals surface area contributed by atoms with Crippen molar-refractivity contribution in [3.05, 3.63) is 125 Å². The first-order valence-electron chi connectivity index (χ1n) is 10.1. The second-order valence-electron chi connectivity index (χ2n) is 7.23. The molecule has 32 heavy (non-hydrogen) atoms. The van der Waals surface area contributed by atoms with E-state index in [1.165, 1.54) is 23.0 Å². The van der Waals surface area contributed by atoms with Crippen molar-refractivity contribution < 1.29 is 26.5 Å². The van der Waals surface area contributed by atoms with Gasteiger partial charge < -0.3 is 21.7 Å². The standard InChI is InChI=1S/C27H23BrO2P.BrH/c1-30-27(29)24-18-11-19-26(28)25(24)20-31(21-12-5-2-6-13-21,22-14-7-3-8-15-22)23-16-9-4-10-17-23;/h2-19H,20H2,1H3;1H/q+1;/p-1. The zero-order valence-electron chi connectivity index (χ0n) is 17.6. The summed E-state index contributed by atoms with van der Waals surface area (Å²) in [5.41, 5.74) is 1.57. The molecule has 0 spiro atoms. The average Bonchev–Trinajstić information content (AvgIpc) is 2.84. The Hall–Kier alpha value is -2.26. The number of rotatable bonds is 6. The summed E-state index contributed by atoms with van der Waals surface area (Å²) in [6.07, 6.45) is 0.705. The number of hydrogen-bond acceptors (Lipinski definition) is 2. The first kappa shape index (κ1) is 24.4. The maximum atomic E-state index is 12.7. The van der Waals surface area contributed by atoms with Crippen LogP contribution in [0, 0.1) is 0 Å². The topological polar surface area (TPSA) is 26.3 Å². The molecule has 0 unspecified atom stereocenters. The van der Waals surface area contributed by atoms with Crippen molar-refractivity contribution in [1.82, 2.24) is 0 Å². The van der Waals surface area contributed by atoms with E-state index in [-0.39, 0.29) is 23.0 Å². The van der Waals surface area contributed by atoms with Crippen LogP contribution in [0.15, 0.2) is 114 Å². The van der Waals surface area contributed by atoms with Crippen LogP contribution in [0.3, 0.4) is 0 Å². The molecule has 0 aromatic heterocycles. The molecule has 0 N–H and O–H groups in total. The van der Waals surface area contributed by atoms with Gasteiger partial charge in [0.1, 0.15) is 29.3 Å². The summed E-state index contributed by atoms with van der Waals surface area (Å²) in [6.45, 7) is 0. The zero-order valence-corrected chi connectivity index (χ0v) is 21.7. The lowest BCUT2D eigenvalue weighted by molar-refractivity contribution is -0.0000207. The molecule has 0 heterocycles. The molecule has 0 bridgehead atoms. The Balaban J connectivity index is 0.00000289. The third-order valence-corrected chi connectivity index (χ3v) is 10.6. The minimum absolute atomic E-state index is 0. The highest BCUT2D eigenvalue weighted by Gasteiger charge is 2.46. The average molecular weight is 570 g/mol. The van der Waals surface area contributed by atoms with Crippen LogP contribution in [-0.4, -0.2) is 13.1 Å². The van der Waals surface area contributed by atoms with E-state index in [0.717, 1.165) is 10.0 Å². The van der Waals surface area contributed by atoms with Gasteiger partial charge in [0.25, 0.3) is 0 Å². The van der Waals surface area contributed by atoms with Crippen LogP contribution in [0.1, 0.15) is 15.9 Å². The Morgan fingerprint density at radius 1 is 0.719 bits per heavy atom. The Kier molecular flexibility index (Phi) is 8.42. The zero-order chi connectivity index (χ0) is 21.7. The highest BCUT2D eigenvalue weighted by molar-refractivity contribution is 9.10. The van der Waals surface area contributed by atoms with Crippen LogP contribution in [0.2, 0.25) is 0 Å². The predicted molar refractivity (Wildman–Crippen MR) is 134 cm³/mol. The molecule has 162 valence electrons. The summed E-state index contributed by atoms with van der Waals surface area (Å²) in [5.74, 6) is -0.316. The van der Waals surface area contributed by atoms with Gasteiger partial charge in [-0.05, 0) is 48.5 Å². The van der Waals surface area contributed by atoms with E-state index in [2.05, 4.69) is 88.7 Å². The Labute approximate surface area is 208 Å². The molecule has 0 aliphatic heterocycles. The summed E-state index contributed by atoms with van der Waals surface area (Å²) >= 11 is 3.72. The van der Waals surface area contributed by atoms with E-state index in [1.54, 1.807) is 0 Å². The van der Waals surface area contributed by atoms with Gasteiger partial charge in [0.05, 0.1) is 12.7 Å². The lowest BCUT2D eigenvalue weighted by Gasteiger charge is -2.28. The Bertz CT molecular complexity index is 1070. The molecule has 4 aromatic rings. The van der Waals surface area contributed by atoms with E-state index in [0.29, 0.717) is 11.7 Å². The molecule has 0 saturated heterocycles. The molecule has 0 fully saturated rings. The fraction of sp³-hybridized carbons (Fsp3) is 0.0741. The van der Waals surface area contributed by atoms with Crippen molar-refractivity contribution in [2.24, 2.45) is 0 Å². The molecular weight excluding hydrogens is 547 g/mol. The summed E-state index contributed by atoms with van der Waals surface area (Å²) in [4.78, 5) is 12.7. The number of methoxy groups -OCH3 is 1. The van der Waals surface area contributed by atoms with Crippen LogP contribution in [0.4, 0.5) is 0 Å². The smallest absolute Gasteiger partial charge is 0.338 e. The molecular formula is C27H23Br2O2P. The van der Waals surface area contributed by atoms with Crippen molar-refractivity contribution in [2.75, 3.05) is 7.11 Å². The molecule has 0 aliphatic carbocycles. The number of halogens is 2.